The molecular formula is C12H15Cl2N3O2. The first-order valence-corrected chi connectivity index (χ1v) is 6.91. The highest BCUT2D eigenvalue weighted by Gasteiger charge is 2.23. The van der Waals surface area contributed by atoms with E-state index in [9.17, 15) is 4.79 Å². The average Bonchev–Trinajstić information content (AvgIpc) is 2.42. The van der Waals surface area contributed by atoms with Crippen molar-refractivity contribution in [2.45, 2.75) is 25.8 Å². The van der Waals surface area contributed by atoms with Gasteiger partial charge in [-0.2, -0.15) is 0 Å². The lowest BCUT2D eigenvalue weighted by molar-refractivity contribution is 0.0538. The van der Waals surface area contributed by atoms with Crippen LogP contribution in [0.1, 0.15) is 30.1 Å². The number of hydrogen-bond donors (Lipinski definition) is 1. The zero-order chi connectivity index (χ0) is 13.8. The van der Waals surface area contributed by atoms with E-state index in [0.29, 0.717) is 5.92 Å². The fourth-order valence-electron chi connectivity index (χ4n) is 2.13. The summed E-state index contributed by atoms with van der Waals surface area (Å²) in [7, 11) is 0. The smallest absolute Gasteiger partial charge is 0.254 e. The molecule has 19 heavy (non-hydrogen) atoms. The van der Waals surface area contributed by atoms with Gasteiger partial charge in [-0.25, -0.2) is 0 Å². The summed E-state index contributed by atoms with van der Waals surface area (Å²) >= 11 is 11.6. The van der Waals surface area contributed by atoms with Crippen LogP contribution in [0.2, 0.25) is 10.3 Å². The second kappa shape index (κ2) is 6.50. The van der Waals surface area contributed by atoms with Crippen molar-refractivity contribution in [3.63, 3.8) is 0 Å². The fraction of sp³-hybridized carbons (Fsp3) is 0.583. The molecule has 1 aliphatic heterocycles. The third-order valence-corrected chi connectivity index (χ3v) is 3.76. The molecule has 5 nitrogen and oxygen atoms in total. The summed E-state index contributed by atoms with van der Waals surface area (Å²) in [6, 6.07) is 1.47. The number of amides is 1. The van der Waals surface area contributed by atoms with E-state index in [4.69, 9.17) is 27.9 Å². The Morgan fingerprint density at radius 3 is 2.79 bits per heavy atom. The van der Waals surface area contributed by atoms with Crippen LogP contribution in [-0.4, -0.2) is 35.4 Å². The summed E-state index contributed by atoms with van der Waals surface area (Å²) in [5, 5.41) is 10.3. The van der Waals surface area contributed by atoms with Gasteiger partial charge in [0.2, 0.25) is 0 Å². The molecule has 0 saturated carbocycles. The first kappa shape index (κ1) is 14.5. The molecule has 2 heterocycles. The third kappa shape index (κ3) is 3.78. The molecule has 1 aliphatic rings. The highest BCUT2D eigenvalue weighted by Crippen LogP contribution is 2.20. The second-order valence-electron chi connectivity index (χ2n) is 4.58. The summed E-state index contributed by atoms with van der Waals surface area (Å²) < 4.78 is 5.30. The van der Waals surface area contributed by atoms with Crippen molar-refractivity contribution in [3.05, 3.63) is 21.9 Å². The van der Waals surface area contributed by atoms with Gasteiger partial charge in [-0.1, -0.05) is 23.2 Å². The molecule has 1 atom stereocenters. The van der Waals surface area contributed by atoms with E-state index in [-0.39, 0.29) is 27.8 Å². The molecule has 2 rings (SSSR count). The molecule has 1 N–H and O–H groups in total. The van der Waals surface area contributed by atoms with Crippen LogP contribution >= 0.6 is 23.2 Å². The van der Waals surface area contributed by atoms with E-state index in [1.165, 1.54) is 6.07 Å². The normalized spacial score (nSPS) is 18.1. The Morgan fingerprint density at radius 2 is 2.11 bits per heavy atom. The largest absolute Gasteiger partial charge is 0.381 e. The van der Waals surface area contributed by atoms with E-state index in [1.807, 2.05) is 6.92 Å². The number of carbonyl (C=O) groups is 1. The van der Waals surface area contributed by atoms with Crippen LogP contribution in [-0.2, 0) is 4.74 Å². The molecule has 1 saturated heterocycles. The fourth-order valence-corrected chi connectivity index (χ4v) is 2.46. The number of ether oxygens (including phenoxy) is 1. The molecule has 7 heteroatoms. The Kier molecular flexibility index (Phi) is 4.96. The second-order valence-corrected chi connectivity index (χ2v) is 5.33. The Labute approximate surface area is 121 Å². The molecule has 0 bridgehead atoms. The van der Waals surface area contributed by atoms with E-state index in [2.05, 4.69) is 15.5 Å². The van der Waals surface area contributed by atoms with E-state index < -0.39 is 0 Å². The van der Waals surface area contributed by atoms with Gasteiger partial charge in [-0.05, 0) is 31.7 Å². The maximum atomic E-state index is 12.1. The summed E-state index contributed by atoms with van der Waals surface area (Å²) in [4.78, 5) is 12.1. The topological polar surface area (TPSA) is 64.1 Å². The predicted molar refractivity (Wildman–Crippen MR) is 72.5 cm³/mol. The predicted octanol–water partition coefficient (Wildman–Crippen LogP) is 2.33. The Hall–Kier alpha value is -0.910. The van der Waals surface area contributed by atoms with Crippen molar-refractivity contribution in [1.29, 1.82) is 0 Å². The molecule has 1 aromatic rings. The summed E-state index contributed by atoms with van der Waals surface area (Å²) in [5.41, 5.74) is 0.251. The number of aromatic nitrogens is 2. The molecule has 104 valence electrons. The van der Waals surface area contributed by atoms with Crippen molar-refractivity contribution in [2.24, 2.45) is 5.92 Å². The minimum atomic E-state index is -0.277. The minimum Gasteiger partial charge on any atom is -0.381 e. The molecule has 1 amide bonds. The average molecular weight is 304 g/mol. The van der Waals surface area contributed by atoms with E-state index in [0.717, 1.165) is 26.1 Å². The standard InChI is InChI=1S/C12H15Cl2N3O2/c1-7(8-2-4-19-5-3-8)15-12(18)9-6-10(13)16-17-11(9)14/h6-8H,2-5H2,1H3,(H,15,18). The molecule has 0 aromatic carbocycles. The summed E-state index contributed by atoms with van der Waals surface area (Å²) in [5.74, 6) is 0.141. The molecular weight excluding hydrogens is 289 g/mol. The SMILES string of the molecule is CC(NC(=O)c1cc(Cl)nnc1Cl)C1CCOCC1. The van der Waals surface area contributed by atoms with Crippen LogP contribution in [0.3, 0.4) is 0 Å². The van der Waals surface area contributed by atoms with Gasteiger partial charge in [0.05, 0.1) is 5.56 Å². The minimum absolute atomic E-state index is 0.0550. The lowest BCUT2D eigenvalue weighted by atomic mass is 9.93. The van der Waals surface area contributed by atoms with Gasteiger partial charge >= 0.3 is 0 Å². The lowest BCUT2D eigenvalue weighted by Gasteiger charge is -2.28. The lowest BCUT2D eigenvalue weighted by Crippen LogP contribution is -2.40. The van der Waals surface area contributed by atoms with Gasteiger partial charge < -0.3 is 10.1 Å². The van der Waals surface area contributed by atoms with E-state index in [1.54, 1.807) is 0 Å². The van der Waals surface area contributed by atoms with Crippen molar-refractivity contribution >= 4 is 29.1 Å². The molecule has 1 unspecified atom stereocenters. The van der Waals surface area contributed by atoms with Gasteiger partial charge in [-0.3, -0.25) is 4.79 Å². The van der Waals surface area contributed by atoms with Crippen molar-refractivity contribution in [3.8, 4) is 0 Å². The van der Waals surface area contributed by atoms with Gasteiger partial charge in [-0.15, -0.1) is 10.2 Å². The number of nitrogens with one attached hydrogen (secondary N) is 1. The molecule has 1 fully saturated rings. The molecule has 1 aromatic heterocycles. The number of nitrogens with zero attached hydrogens (tertiary/aromatic N) is 2. The van der Waals surface area contributed by atoms with Crippen molar-refractivity contribution in [1.82, 2.24) is 15.5 Å². The highest BCUT2D eigenvalue weighted by molar-refractivity contribution is 6.34. The number of rotatable bonds is 3. The zero-order valence-corrected chi connectivity index (χ0v) is 12.0. The quantitative estimate of drug-likeness (QED) is 0.931. The van der Waals surface area contributed by atoms with Crippen molar-refractivity contribution < 1.29 is 9.53 Å². The van der Waals surface area contributed by atoms with E-state index >= 15 is 0 Å². The van der Waals surface area contributed by atoms with Gasteiger partial charge in [0.15, 0.2) is 10.3 Å². The monoisotopic (exact) mass is 303 g/mol. The Balaban J connectivity index is 2.01. The summed E-state index contributed by atoms with van der Waals surface area (Å²) in [6.07, 6.45) is 1.90. The molecule has 0 aliphatic carbocycles. The van der Waals surface area contributed by atoms with Crippen LogP contribution in [0.15, 0.2) is 6.07 Å². The first-order chi connectivity index (χ1) is 9.08. The Morgan fingerprint density at radius 1 is 1.42 bits per heavy atom. The van der Waals surface area contributed by atoms with Gasteiger partial charge in [0.1, 0.15) is 0 Å². The van der Waals surface area contributed by atoms with Crippen LogP contribution in [0.5, 0.6) is 0 Å². The highest BCUT2D eigenvalue weighted by atomic mass is 35.5. The third-order valence-electron chi connectivity index (χ3n) is 3.30. The van der Waals surface area contributed by atoms with Gasteiger partial charge in [0.25, 0.3) is 5.91 Å². The number of halogens is 2. The number of carbonyl (C=O) groups excluding carboxylic acids is 1. The Bertz CT molecular complexity index is 464. The van der Waals surface area contributed by atoms with Crippen molar-refractivity contribution in [2.75, 3.05) is 13.2 Å². The maximum absolute atomic E-state index is 12.1. The van der Waals surface area contributed by atoms with Crippen LogP contribution in [0.4, 0.5) is 0 Å². The maximum Gasteiger partial charge on any atom is 0.254 e. The zero-order valence-electron chi connectivity index (χ0n) is 10.5. The van der Waals surface area contributed by atoms with Gasteiger partial charge in [0, 0.05) is 19.3 Å². The molecule has 0 spiro atoms. The number of hydrogen-bond acceptors (Lipinski definition) is 4. The summed E-state index contributed by atoms with van der Waals surface area (Å²) in [6.45, 7) is 3.47. The van der Waals surface area contributed by atoms with Crippen LogP contribution < -0.4 is 5.32 Å². The first-order valence-electron chi connectivity index (χ1n) is 6.15. The van der Waals surface area contributed by atoms with Crippen LogP contribution in [0, 0.1) is 5.92 Å². The molecule has 0 radical (unpaired) electrons. The van der Waals surface area contributed by atoms with Crippen LogP contribution in [0.25, 0.3) is 0 Å².